The van der Waals surface area contributed by atoms with Gasteiger partial charge in [0, 0.05) is 23.7 Å². The minimum atomic E-state index is -1.19. The number of aromatic nitrogens is 1. The van der Waals surface area contributed by atoms with Crippen LogP contribution < -0.4 is 16.5 Å². The van der Waals surface area contributed by atoms with E-state index in [1.807, 2.05) is 10.6 Å². The number of carboxylic acid groups (broad SMARTS) is 1. The quantitative estimate of drug-likeness (QED) is 0.752. The van der Waals surface area contributed by atoms with Crippen LogP contribution in [0.5, 0.6) is 0 Å². The fraction of sp³-hybridized carbons (Fsp3) is 0.375. The molecule has 2 aliphatic carbocycles. The van der Waals surface area contributed by atoms with Crippen LogP contribution in [-0.2, 0) is 0 Å². The smallest absolute Gasteiger partial charge is 0.341 e. The number of fused-ring (bicyclic) bond motifs is 1. The number of nitrogen functional groups attached to an aromatic ring is 1. The maximum Gasteiger partial charge on any atom is 0.341 e. The van der Waals surface area contributed by atoms with Gasteiger partial charge >= 0.3 is 5.97 Å². The second-order valence-corrected chi connectivity index (χ2v) is 6.19. The van der Waals surface area contributed by atoms with Crippen molar-refractivity contribution in [2.24, 2.45) is 0 Å². The second kappa shape index (κ2) is 4.50. The molecular weight excluding hydrogens is 282 g/mol. The molecule has 0 aliphatic heterocycles. The second-order valence-electron chi connectivity index (χ2n) is 6.19. The Morgan fingerprint density at radius 3 is 2.59 bits per heavy atom. The molecule has 6 heteroatoms. The molecule has 0 saturated heterocycles. The summed E-state index contributed by atoms with van der Waals surface area (Å²) in [6.07, 6.45) is 5.75. The van der Waals surface area contributed by atoms with Crippen LogP contribution in [0.1, 0.15) is 42.1 Å². The van der Waals surface area contributed by atoms with Crippen LogP contribution in [0.25, 0.3) is 10.9 Å². The van der Waals surface area contributed by atoms with Crippen LogP contribution in [0, 0.1) is 0 Å². The van der Waals surface area contributed by atoms with Gasteiger partial charge in [-0.2, -0.15) is 0 Å². The third-order valence-electron chi connectivity index (χ3n) is 4.31. The van der Waals surface area contributed by atoms with Gasteiger partial charge in [0.1, 0.15) is 5.56 Å². The molecule has 2 saturated carbocycles. The summed E-state index contributed by atoms with van der Waals surface area (Å²) in [4.78, 5) is 23.7. The van der Waals surface area contributed by atoms with E-state index in [0.717, 1.165) is 36.9 Å². The number of hydrogen-bond acceptors (Lipinski definition) is 4. The third kappa shape index (κ3) is 2.11. The van der Waals surface area contributed by atoms with Gasteiger partial charge in [-0.15, -0.1) is 0 Å². The number of anilines is 2. The van der Waals surface area contributed by atoms with Crippen molar-refractivity contribution in [3.05, 3.63) is 34.1 Å². The van der Waals surface area contributed by atoms with Crippen LogP contribution in [0.15, 0.2) is 23.1 Å². The van der Waals surface area contributed by atoms with Crippen LogP contribution in [0.3, 0.4) is 0 Å². The summed E-state index contributed by atoms with van der Waals surface area (Å²) in [5.74, 6) is -1.19. The molecule has 1 heterocycles. The highest BCUT2D eigenvalue weighted by Gasteiger charge is 2.28. The first-order valence-corrected chi connectivity index (χ1v) is 7.53. The number of pyridine rings is 1. The first-order valence-electron chi connectivity index (χ1n) is 7.53. The van der Waals surface area contributed by atoms with Gasteiger partial charge in [0.25, 0.3) is 0 Å². The molecule has 4 N–H and O–H groups in total. The molecule has 1 aromatic carbocycles. The molecule has 4 rings (SSSR count). The van der Waals surface area contributed by atoms with E-state index in [0.29, 0.717) is 17.1 Å². The molecule has 2 aromatic rings. The number of nitrogens with zero attached hydrogens (tertiary/aromatic N) is 1. The number of carbonyl (C=O) groups is 1. The lowest BCUT2D eigenvalue weighted by molar-refractivity contribution is 0.0695. The highest BCUT2D eigenvalue weighted by Crippen LogP contribution is 2.38. The minimum Gasteiger partial charge on any atom is -0.477 e. The van der Waals surface area contributed by atoms with Crippen molar-refractivity contribution in [1.82, 2.24) is 4.57 Å². The lowest BCUT2D eigenvalue weighted by Gasteiger charge is -2.15. The molecule has 0 amide bonds. The number of aromatic carboxylic acids is 1. The summed E-state index contributed by atoms with van der Waals surface area (Å²) >= 11 is 0. The lowest BCUT2D eigenvalue weighted by Crippen LogP contribution is -2.19. The van der Waals surface area contributed by atoms with E-state index in [9.17, 15) is 14.7 Å². The average Bonchev–Trinajstić information content (AvgIpc) is 3.34. The van der Waals surface area contributed by atoms with E-state index in [1.54, 1.807) is 6.07 Å². The van der Waals surface area contributed by atoms with Crippen LogP contribution in [0.4, 0.5) is 11.4 Å². The molecule has 0 spiro atoms. The third-order valence-corrected chi connectivity index (χ3v) is 4.31. The maximum absolute atomic E-state index is 12.4. The van der Waals surface area contributed by atoms with Gasteiger partial charge in [-0.05, 0) is 37.8 Å². The number of nitrogens with one attached hydrogen (secondary N) is 1. The number of nitrogens with two attached hydrogens (primary N) is 1. The van der Waals surface area contributed by atoms with Crippen molar-refractivity contribution in [1.29, 1.82) is 0 Å². The molecule has 6 nitrogen and oxygen atoms in total. The highest BCUT2D eigenvalue weighted by atomic mass is 16.4. The fourth-order valence-electron chi connectivity index (χ4n) is 2.79. The summed E-state index contributed by atoms with van der Waals surface area (Å²) in [6.45, 7) is 0. The fourth-order valence-corrected chi connectivity index (χ4v) is 2.79. The van der Waals surface area contributed by atoms with E-state index in [1.165, 1.54) is 6.20 Å². The predicted octanol–water partition coefficient (Wildman–Crippen LogP) is 2.19. The van der Waals surface area contributed by atoms with E-state index in [4.69, 9.17) is 5.73 Å². The molecule has 0 bridgehead atoms. The average molecular weight is 299 g/mol. The number of benzene rings is 1. The van der Waals surface area contributed by atoms with Crippen molar-refractivity contribution < 1.29 is 9.90 Å². The van der Waals surface area contributed by atoms with E-state index in [2.05, 4.69) is 5.32 Å². The van der Waals surface area contributed by atoms with Crippen LogP contribution in [0.2, 0.25) is 0 Å². The lowest BCUT2D eigenvalue weighted by atomic mass is 10.1. The monoisotopic (exact) mass is 299 g/mol. The Hall–Kier alpha value is -2.50. The summed E-state index contributed by atoms with van der Waals surface area (Å²) < 4.78 is 1.91. The normalized spacial score (nSPS) is 17.6. The highest BCUT2D eigenvalue weighted by molar-refractivity contribution is 5.95. The molecule has 114 valence electrons. The number of rotatable bonds is 4. The summed E-state index contributed by atoms with van der Waals surface area (Å²) in [6, 6.07) is 4.22. The van der Waals surface area contributed by atoms with Gasteiger partial charge in [-0.1, -0.05) is 0 Å². The van der Waals surface area contributed by atoms with Gasteiger partial charge < -0.3 is 20.7 Å². The zero-order valence-electron chi connectivity index (χ0n) is 12.0. The van der Waals surface area contributed by atoms with Crippen molar-refractivity contribution in [2.75, 3.05) is 11.1 Å². The molecular formula is C16H17N3O3. The zero-order chi connectivity index (χ0) is 15.4. The molecule has 1 aromatic heterocycles. The van der Waals surface area contributed by atoms with Crippen molar-refractivity contribution in [3.63, 3.8) is 0 Å². The van der Waals surface area contributed by atoms with Gasteiger partial charge in [0.2, 0.25) is 5.43 Å². The summed E-state index contributed by atoms with van der Waals surface area (Å²) in [5, 5.41) is 13.0. The van der Waals surface area contributed by atoms with Crippen molar-refractivity contribution in [2.45, 2.75) is 37.8 Å². The van der Waals surface area contributed by atoms with Gasteiger partial charge in [-0.3, -0.25) is 4.79 Å². The molecule has 0 radical (unpaired) electrons. The maximum atomic E-state index is 12.4. The van der Waals surface area contributed by atoms with E-state index >= 15 is 0 Å². The van der Waals surface area contributed by atoms with Crippen LogP contribution >= 0.6 is 0 Å². The SMILES string of the molecule is Nc1cc2c(=O)c(C(=O)O)cn(C3CC3)c2cc1NC1CC1. The summed E-state index contributed by atoms with van der Waals surface area (Å²) in [5.41, 5.74) is 7.45. The molecule has 2 aliphatic rings. The standard InChI is InChI=1S/C16H17N3O3/c17-12-5-10-14(6-13(12)18-8-1-2-8)19(9-3-4-9)7-11(15(10)20)16(21)22/h5-9,18H,1-4,17H2,(H,21,22). The zero-order valence-corrected chi connectivity index (χ0v) is 12.0. The topological polar surface area (TPSA) is 97.3 Å². The van der Waals surface area contributed by atoms with Crippen LogP contribution in [-0.4, -0.2) is 21.7 Å². The molecule has 2 fully saturated rings. The Kier molecular flexibility index (Phi) is 2.69. The Labute approximate surface area is 126 Å². The Bertz CT molecular complexity index is 848. The largest absolute Gasteiger partial charge is 0.477 e. The van der Waals surface area contributed by atoms with Crippen molar-refractivity contribution in [3.8, 4) is 0 Å². The van der Waals surface area contributed by atoms with E-state index in [-0.39, 0.29) is 11.6 Å². The Balaban J connectivity index is 1.98. The predicted molar refractivity (Wildman–Crippen MR) is 84.5 cm³/mol. The van der Waals surface area contributed by atoms with Crippen molar-refractivity contribution >= 4 is 28.2 Å². The first-order chi connectivity index (χ1) is 10.5. The Morgan fingerprint density at radius 2 is 2.00 bits per heavy atom. The Morgan fingerprint density at radius 1 is 1.27 bits per heavy atom. The van der Waals surface area contributed by atoms with Gasteiger partial charge in [0.15, 0.2) is 0 Å². The van der Waals surface area contributed by atoms with E-state index < -0.39 is 11.4 Å². The molecule has 22 heavy (non-hydrogen) atoms. The molecule has 0 atom stereocenters. The number of hydrogen-bond donors (Lipinski definition) is 3. The molecule has 0 unspecified atom stereocenters. The minimum absolute atomic E-state index is 0.193. The first kappa shape index (κ1) is 13.2. The number of carboxylic acids is 1. The summed E-state index contributed by atoms with van der Waals surface area (Å²) in [7, 11) is 0. The van der Waals surface area contributed by atoms with Gasteiger partial charge in [0.05, 0.1) is 16.9 Å². The van der Waals surface area contributed by atoms with Gasteiger partial charge in [-0.25, -0.2) is 4.79 Å².